The molecule has 0 aliphatic heterocycles. The van der Waals surface area contributed by atoms with Gasteiger partial charge in [-0.15, -0.1) is 0 Å². The van der Waals surface area contributed by atoms with E-state index in [1.54, 1.807) is 10.6 Å². The predicted molar refractivity (Wildman–Crippen MR) is 94.1 cm³/mol. The maximum absolute atomic E-state index is 12.2. The van der Waals surface area contributed by atoms with Gasteiger partial charge >= 0.3 is 0 Å². The van der Waals surface area contributed by atoms with E-state index in [1.807, 2.05) is 53.2 Å². The summed E-state index contributed by atoms with van der Waals surface area (Å²) < 4.78 is 27.9. The normalized spacial score (nSPS) is 11.8. The third kappa shape index (κ3) is 2.47. The lowest BCUT2D eigenvalue weighted by Crippen LogP contribution is -2.10. The van der Waals surface area contributed by atoms with E-state index < -0.39 is 9.84 Å². The molecular weight excluding hydrogens is 336 g/mol. The Labute approximate surface area is 144 Å². The summed E-state index contributed by atoms with van der Waals surface area (Å²) in [6.07, 6.45) is 4.87. The average Bonchev–Trinajstić information content (AvgIpc) is 3.13. The van der Waals surface area contributed by atoms with Crippen molar-refractivity contribution in [2.24, 2.45) is 0 Å². The number of fused-ring (bicyclic) bond motifs is 2. The van der Waals surface area contributed by atoms with Crippen molar-refractivity contribution in [1.29, 1.82) is 5.26 Å². The molecule has 0 amide bonds. The fraction of sp³-hybridized carbons (Fsp3) is 0.111. The van der Waals surface area contributed by atoms with Crippen LogP contribution in [0.4, 0.5) is 0 Å². The van der Waals surface area contributed by atoms with Gasteiger partial charge in [0.15, 0.2) is 0 Å². The molecule has 124 valence electrons. The summed E-state index contributed by atoms with van der Waals surface area (Å²) in [5, 5.41) is 9.58. The summed E-state index contributed by atoms with van der Waals surface area (Å²) in [7, 11) is -3.50. The summed E-state index contributed by atoms with van der Waals surface area (Å²) in [6, 6.07) is 15.1. The van der Waals surface area contributed by atoms with Gasteiger partial charge in [0.1, 0.15) is 6.07 Å². The van der Waals surface area contributed by atoms with Gasteiger partial charge in [0.05, 0.1) is 28.7 Å². The van der Waals surface area contributed by atoms with E-state index in [-0.39, 0.29) is 11.7 Å². The Kier molecular flexibility index (Phi) is 3.37. The monoisotopic (exact) mass is 350 g/mol. The fourth-order valence-corrected chi connectivity index (χ4v) is 3.91. The van der Waals surface area contributed by atoms with Gasteiger partial charge in [0, 0.05) is 24.2 Å². The van der Waals surface area contributed by atoms with Crippen molar-refractivity contribution in [1.82, 2.24) is 14.0 Å². The molecular formula is C18H14N4O2S. The molecule has 6 nitrogen and oxygen atoms in total. The average molecular weight is 350 g/mol. The first-order valence-corrected chi connectivity index (χ1v) is 9.52. The molecule has 0 aliphatic rings. The van der Waals surface area contributed by atoms with Crippen molar-refractivity contribution in [3.05, 3.63) is 66.0 Å². The van der Waals surface area contributed by atoms with Crippen LogP contribution in [0.1, 0.15) is 11.1 Å². The van der Waals surface area contributed by atoms with E-state index >= 15 is 0 Å². The number of hydrogen-bond donors (Lipinski definition) is 0. The van der Waals surface area contributed by atoms with Crippen LogP contribution in [0, 0.1) is 11.3 Å². The van der Waals surface area contributed by atoms with Gasteiger partial charge in [-0.3, -0.25) is 0 Å². The van der Waals surface area contributed by atoms with E-state index in [1.165, 1.54) is 0 Å². The maximum atomic E-state index is 12.2. The molecule has 4 rings (SSSR count). The van der Waals surface area contributed by atoms with Crippen molar-refractivity contribution in [2.45, 2.75) is 11.7 Å². The van der Waals surface area contributed by atoms with Crippen LogP contribution in [-0.4, -0.2) is 28.6 Å². The Morgan fingerprint density at radius 1 is 1.12 bits per heavy atom. The van der Waals surface area contributed by atoms with E-state index in [0.29, 0.717) is 11.1 Å². The Hall–Kier alpha value is -3.11. The van der Waals surface area contributed by atoms with Gasteiger partial charge in [0.2, 0.25) is 15.0 Å². The predicted octanol–water partition coefficient (Wildman–Crippen LogP) is 2.61. The first-order chi connectivity index (χ1) is 12.0. The largest absolute Gasteiger partial charge is 0.322 e. The first kappa shape index (κ1) is 15.4. The van der Waals surface area contributed by atoms with Crippen LogP contribution in [0.15, 0.2) is 60.0 Å². The second kappa shape index (κ2) is 5.46. The van der Waals surface area contributed by atoms with Crippen LogP contribution in [0.25, 0.3) is 16.6 Å². The highest BCUT2D eigenvalue weighted by molar-refractivity contribution is 7.90. The molecule has 0 N–H and O–H groups in total. The van der Waals surface area contributed by atoms with E-state index in [0.717, 1.165) is 22.9 Å². The number of benzene rings is 1. The molecule has 0 fully saturated rings. The molecule has 0 radical (unpaired) electrons. The molecule has 25 heavy (non-hydrogen) atoms. The van der Waals surface area contributed by atoms with Gasteiger partial charge in [-0.25, -0.2) is 13.4 Å². The van der Waals surface area contributed by atoms with Gasteiger partial charge in [-0.05, 0) is 24.3 Å². The number of aromatic nitrogens is 3. The number of sulfone groups is 1. The zero-order valence-electron chi connectivity index (χ0n) is 13.4. The van der Waals surface area contributed by atoms with Crippen molar-refractivity contribution in [2.75, 3.05) is 6.26 Å². The summed E-state index contributed by atoms with van der Waals surface area (Å²) in [6.45, 7) is 0.257. The van der Waals surface area contributed by atoms with Crippen LogP contribution < -0.4 is 0 Å². The minimum Gasteiger partial charge on any atom is -0.322 e. The van der Waals surface area contributed by atoms with Crippen LogP contribution in [0.2, 0.25) is 0 Å². The lowest BCUT2D eigenvalue weighted by molar-refractivity contribution is 0.581. The number of hydrogen-bond acceptors (Lipinski definition) is 4. The van der Waals surface area contributed by atoms with Crippen LogP contribution in [0.3, 0.4) is 0 Å². The number of nitriles is 1. The highest BCUT2D eigenvalue weighted by Gasteiger charge is 2.21. The Balaban J connectivity index is 1.97. The minimum absolute atomic E-state index is 0.00726. The zero-order chi connectivity index (χ0) is 17.6. The summed E-state index contributed by atoms with van der Waals surface area (Å²) in [5.74, 6) is 0. The SMILES string of the molecule is CS(=O)(=O)c1nc2ccccc2n1Cc1cn2ccccc2c1C#N. The Morgan fingerprint density at radius 2 is 1.84 bits per heavy atom. The molecule has 0 unspecified atom stereocenters. The number of nitrogens with zero attached hydrogens (tertiary/aromatic N) is 4. The van der Waals surface area contributed by atoms with E-state index in [4.69, 9.17) is 0 Å². The topological polar surface area (TPSA) is 80.2 Å². The first-order valence-electron chi connectivity index (χ1n) is 7.63. The number of para-hydroxylation sites is 2. The quantitative estimate of drug-likeness (QED) is 0.569. The minimum atomic E-state index is -3.50. The molecule has 0 aliphatic carbocycles. The standard InChI is InChI=1S/C18H14N4O2S/c1-25(23,24)18-20-15-6-2-3-8-17(15)22(18)12-13-11-21-9-5-4-7-16(21)14(13)10-19/h2-9,11H,12H2,1H3. The second-order valence-corrected chi connectivity index (χ2v) is 7.79. The molecule has 0 saturated heterocycles. The van der Waals surface area contributed by atoms with Gasteiger partial charge in [0.25, 0.3) is 0 Å². The smallest absolute Gasteiger partial charge is 0.228 e. The van der Waals surface area contributed by atoms with Crippen LogP contribution >= 0.6 is 0 Å². The zero-order valence-corrected chi connectivity index (χ0v) is 14.2. The molecule has 3 heterocycles. The van der Waals surface area contributed by atoms with E-state index in [9.17, 15) is 13.7 Å². The summed E-state index contributed by atoms with van der Waals surface area (Å²) >= 11 is 0. The molecule has 0 atom stereocenters. The van der Waals surface area contributed by atoms with Gasteiger partial charge in [-0.1, -0.05) is 18.2 Å². The summed E-state index contributed by atoms with van der Waals surface area (Å²) in [4.78, 5) is 4.27. The highest BCUT2D eigenvalue weighted by atomic mass is 32.2. The van der Waals surface area contributed by atoms with Crippen molar-refractivity contribution < 1.29 is 8.42 Å². The molecule has 1 aromatic carbocycles. The third-order valence-corrected chi connectivity index (χ3v) is 5.13. The molecule has 0 saturated carbocycles. The maximum Gasteiger partial charge on any atom is 0.228 e. The molecule has 0 bridgehead atoms. The molecule has 4 aromatic rings. The van der Waals surface area contributed by atoms with Gasteiger partial charge in [-0.2, -0.15) is 5.26 Å². The van der Waals surface area contributed by atoms with Crippen LogP contribution in [0.5, 0.6) is 0 Å². The van der Waals surface area contributed by atoms with Crippen molar-refractivity contribution >= 4 is 26.4 Å². The lowest BCUT2D eigenvalue weighted by atomic mass is 10.2. The second-order valence-electron chi connectivity index (χ2n) is 5.88. The number of imidazole rings is 1. The number of rotatable bonds is 3. The highest BCUT2D eigenvalue weighted by Crippen LogP contribution is 2.24. The third-order valence-electron chi connectivity index (χ3n) is 4.15. The van der Waals surface area contributed by atoms with Gasteiger partial charge < -0.3 is 8.97 Å². The van der Waals surface area contributed by atoms with E-state index in [2.05, 4.69) is 11.1 Å². The fourth-order valence-electron chi connectivity index (χ4n) is 3.09. The van der Waals surface area contributed by atoms with Crippen molar-refractivity contribution in [3.63, 3.8) is 0 Å². The summed E-state index contributed by atoms with van der Waals surface area (Å²) in [5.41, 5.74) is 3.43. The Bertz CT molecular complexity index is 1260. The Morgan fingerprint density at radius 3 is 2.60 bits per heavy atom. The molecule has 3 aromatic heterocycles. The van der Waals surface area contributed by atoms with Crippen molar-refractivity contribution in [3.8, 4) is 6.07 Å². The molecule has 7 heteroatoms. The number of pyridine rings is 1. The lowest BCUT2D eigenvalue weighted by Gasteiger charge is -2.07. The molecule has 0 spiro atoms. The van der Waals surface area contributed by atoms with Crippen LogP contribution in [-0.2, 0) is 16.4 Å².